The lowest BCUT2D eigenvalue weighted by Crippen LogP contribution is -2.46. The van der Waals surface area contributed by atoms with Crippen LogP contribution in [0.25, 0.3) is 17.1 Å². The van der Waals surface area contributed by atoms with Crippen molar-refractivity contribution in [2.24, 2.45) is 0 Å². The Hall–Kier alpha value is -4.05. The number of carbonyl (C=O) groups excluding carboxylic acids is 2. The highest BCUT2D eigenvalue weighted by atomic mass is 32.2. The molecule has 2 heterocycles. The van der Waals surface area contributed by atoms with Gasteiger partial charge in [-0.05, 0) is 61.8 Å². The third-order valence-corrected chi connectivity index (χ3v) is 9.64. The molecule has 2 atom stereocenters. The Bertz CT molecular complexity index is 1540. The molecule has 2 amide bonds. The molecule has 2 N–H and O–H groups in total. The van der Waals surface area contributed by atoms with Gasteiger partial charge >= 0.3 is 0 Å². The molecule has 10 heteroatoms. The fourth-order valence-corrected chi connectivity index (χ4v) is 6.54. The maximum atomic E-state index is 13.1. The van der Waals surface area contributed by atoms with Gasteiger partial charge in [-0.25, -0.2) is 0 Å². The van der Waals surface area contributed by atoms with Crippen LogP contribution in [0.4, 0.5) is 5.69 Å². The van der Waals surface area contributed by atoms with Crippen molar-refractivity contribution in [3.8, 4) is 11.4 Å². The van der Waals surface area contributed by atoms with Crippen molar-refractivity contribution in [1.29, 1.82) is 0 Å². The van der Waals surface area contributed by atoms with E-state index in [1.807, 2.05) is 44.2 Å². The molecule has 1 fully saturated rings. The molecule has 1 aliphatic rings. The molecule has 1 aromatic heterocycles. The molecule has 0 bridgehead atoms. The lowest BCUT2D eigenvalue weighted by Gasteiger charge is -2.27. The standard InChI is InChI=1S/C37H50N6O3S/c1-9-10-19-38-27(5)29-15-18-33(47-23-26(4)39-36(45)31-12-11-20-43(31)25(2)3)32(21-29)42(24-44)22-34-40-35(41-46-34)28-13-16-30(17-14-28)37(6,7)8/h13-18,21,24,26,31,38H,2,5,9-12,19-20,22-23H2,1,3-4,6-8H3,(H,39,45). The zero-order chi connectivity index (χ0) is 34.1. The molecule has 3 aromatic rings. The van der Waals surface area contributed by atoms with Gasteiger partial charge in [-0.3, -0.25) is 9.59 Å². The topological polar surface area (TPSA) is 104 Å². The van der Waals surface area contributed by atoms with Crippen LogP contribution in [0.15, 0.2) is 70.7 Å². The maximum absolute atomic E-state index is 13.1. The van der Waals surface area contributed by atoms with Crippen molar-refractivity contribution in [1.82, 2.24) is 25.7 Å². The van der Waals surface area contributed by atoms with Gasteiger partial charge in [0.2, 0.25) is 24.0 Å². The van der Waals surface area contributed by atoms with Gasteiger partial charge in [-0.15, -0.1) is 11.8 Å². The molecule has 252 valence electrons. The summed E-state index contributed by atoms with van der Waals surface area (Å²) < 4.78 is 5.61. The first-order valence-electron chi connectivity index (χ1n) is 16.5. The van der Waals surface area contributed by atoms with E-state index in [0.717, 1.165) is 72.6 Å². The molecule has 4 rings (SSSR count). The number of thioether (sulfide) groups is 1. The van der Waals surface area contributed by atoms with Gasteiger partial charge in [0, 0.05) is 46.7 Å². The summed E-state index contributed by atoms with van der Waals surface area (Å²) in [5.41, 5.74) is 5.41. The minimum atomic E-state index is -0.178. The summed E-state index contributed by atoms with van der Waals surface area (Å²) in [6, 6.07) is 13.8. The number of hydrogen-bond donors (Lipinski definition) is 2. The van der Waals surface area contributed by atoms with E-state index in [1.165, 1.54) is 5.56 Å². The zero-order valence-electron chi connectivity index (χ0n) is 28.8. The predicted molar refractivity (Wildman–Crippen MR) is 192 cm³/mol. The average Bonchev–Trinajstić information content (AvgIpc) is 3.73. The van der Waals surface area contributed by atoms with Crippen LogP contribution in [-0.2, 0) is 21.5 Å². The summed E-state index contributed by atoms with van der Waals surface area (Å²) >= 11 is 1.59. The molecular weight excluding hydrogens is 609 g/mol. The number of likely N-dealkylation sites (tertiary alicyclic amines) is 1. The Morgan fingerprint density at radius 3 is 2.62 bits per heavy atom. The third kappa shape index (κ3) is 9.50. The summed E-state index contributed by atoms with van der Waals surface area (Å²) in [4.78, 5) is 34.9. The first-order valence-corrected chi connectivity index (χ1v) is 17.5. The van der Waals surface area contributed by atoms with Crippen LogP contribution in [-0.4, -0.2) is 58.3 Å². The van der Waals surface area contributed by atoms with Crippen LogP contribution in [0.2, 0.25) is 0 Å². The molecule has 0 saturated carbocycles. The number of unbranched alkanes of at least 4 members (excludes halogenated alkanes) is 1. The van der Waals surface area contributed by atoms with Gasteiger partial charge in [0.1, 0.15) is 12.6 Å². The van der Waals surface area contributed by atoms with Crippen molar-refractivity contribution >= 4 is 35.5 Å². The SMILES string of the molecule is C=C(NCCCC)c1ccc(SCC(C)NC(=O)C2CCCN2C(=C)C)c(N(C=O)Cc2nc(-c3ccc(C(C)(C)C)cc3)no2)c1. The average molecular weight is 659 g/mol. The van der Waals surface area contributed by atoms with Crippen LogP contribution >= 0.6 is 11.8 Å². The van der Waals surface area contributed by atoms with Crippen molar-refractivity contribution < 1.29 is 14.1 Å². The van der Waals surface area contributed by atoms with E-state index >= 15 is 0 Å². The molecule has 1 saturated heterocycles. The van der Waals surface area contributed by atoms with Crippen LogP contribution in [0.1, 0.15) is 84.2 Å². The van der Waals surface area contributed by atoms with E-state index in [1.54, 1.807) is 16.7 Å². The van der Waals surface area contributed by atoms with Crippen molar-refractivity contribution in [3.05, 3.63) is 78.3 Å². The number of amides is 2. The quantitative estimate of drug-likeness (QED) is 0.0950. The monoisotopic (exact) mass is 658 g/mol. The van der Waals surface area contributed by atoms with Crippen LogP contribution in [0.3, 0.4) is 0 Å². The third-order valence-electron chi connectivity index (χ3n) is 8.32. The highest BCUT2D eigenvalue weighted by molar-refractivity contribution is 7.99. The lowest BCUT2D eigenvalue weighted by molar-refractivity contribution is -0.125. The highest BCUT2D eigenvalue weighted by Gasteiger charge is 2.31. The Kier molecular flexibility index (Phi) is 12.3. The molecule has 1 aliphatic heterocycles. The van der Waals surface area contributed by atoms with Gasteiger partial charge in [0.15, 0.2) is 0 Å². The number of rotatable bonds is 16. The second-order valence-electron chi connectivity index (χ2n) is 13.3. The molecule has 0 radical (unpaired) electrons. The van der Waals surface area contributed by atoms with Gasteiger partial charge in [-0.2, -0.15) is 4.98 Å². The summed E-state index contributed by atoms with van der Waals surface area (Å²) in [5.74, 6) is 1.45. The summed E-state index contributed by atoms with van der Waals surface area (Å²) in [6.07, 6.45) is 4.71. The zero-order valence-corrected chi connectivity index (χ0v) is 29.6. The molecule has 2 unspecified atom stereocenters. The van der Waals surface area contributed by atoms with E-state index in [2.05, 4.69) is 78.7 Å². The number of allylic oxidation sites excluding steroid dienone is 1. The highest BCUT2D eigenvalue weighted by Crippen LogP contribution is 2.34. The van der Waals surface area contributed by atoms with Gasteiger partial charge in [0.05, 0.1) is 5.69 Å². The number of hydrogen-bond acceptors (Lipinski definition) is 8. The fourth-order valence-electron chi connectivity index (χ4n) is 5.54. The van der Waals surface area contributed by atoms with E-state index in [0.29, 0.717) is 23.2 Å². The predicted octanol–water partition coefficient (Wildman–Crippen LogP) is 7.15. The van der Waals surface area contributed by atoms with Crippen molar-refractivity contribution in [3.63, 3.8) is 0 Å². The number of nitrogens with one attached hydrogen (secondary N) is 2. The number of carbonyl (C=O) groups is 2. The van der Waals surface area contributed by atoms with Gasteiger partial charge in [-0.1, -0.05) is 82.8 Å². The smallest absolute Gasteiger partial charge is 0.247 e. The Balaban J connectivity index is 1.52. The summed E-state index contributed by atoms with van der Waals surface area (Å²) in [6.45, 7) is 22.7. The van der Waals surface area contributed by atoms with Crippen molar-refractivity contribution in [2.75, 3.05) is 23.7 Å². The Labute approximate surface area is 284 Å². The molecule has 2 aromatic carbocycles. The number of nitrogens with zero attached hydrogens (tertiary/aromatic N) is 4. The number of anilines is 1. The first kappa shape index (κ1) is 35.8. The summed E-state index contributed by atoms with van der Waals surface area (Å²) in [5, 5.41) is 10.8. The van der Waals surface area contributed by atoms with E-state index in [-0.39, 0.29) is 30.0 Å². The number of benzene rings is 2. The van der Waals surface area contributed by atoms with E-state index in [4.69, 9.17) is 4.52 Å². The number of aromatic nitrogens is 2. The van der Waals surface area contributed by atoms with Gasteiger partial charge < -0.3 is 25.0 Å². The first-order chi connectivity index (χ1) is 22.4. The molecular formula is C37H50N6O3S. The molecule has 0 spiro atoms. The second-order valence-corrected chi connectivity index (χ2v) is 14.4. The minimum Gasteiger partial charge on any atom is -0.385 e. The fraction of sp³-hybridized carbons (Fsp3) is 0.459. The second kappa shape index (κ2) is 16.2. The maximum Gasteiger partial charge on any atom is 0.247 e. The van der Waals surface area contributed by atoms with Crippen molar-refractivity contribution in [2.45, 2.75) is 96.2 Å². The summed E-state index contributed by atoms with van der Waals surface area (Å²) in [7, 11) is 0. The molecule has 9 nitrogen and oxygen atoms in total. The van der Waals surface area contributed by atoms with Crippen LogP contribution < -0.4 is 15.5 Å². The van der Waals surface area contributed by atoms with E-state index in [9.17, 15) is 9.59 Å². The lowest BCUT2D eigenvalue weighted by atomic mass is 9.87. The van der Waals surface area contributed by atoms with Crippen LogP contribution in [0, 0.1) is 0 Å². The Morgan fingerprint density at radius 2 is 1.96 bits per heavy atom. The van der Waals surface area contributed by atoms with Gasteiger partial charge in [0.25, 0.3) is 0 Å². The minimum absolute atomic E-state index is 0.0263. The largest absolute Gasteiger partial charge is 0.385 e. The van der Waals surface area contributed by atoms with Crippen LogP contribution in [0.5, 0.6) is 0 Å². The molecule has 47 heavy (non-hydrogen) atoms. The van der Waals surface area contributed by atoms with E-state index < -0.39 is 0 Å². The molecule has 0 aliphatic carbocycles. The Morgan fingerprint density at radius 1 is 1.21 bits per heavy atom. The normalized spacial score (nSPS) is 15.3.